The molecule has 1 saturated heterocycles. The Morgan fingerprint density at radius 2 is 1.86 bits per heavy atom. The van der Waals surface area contributed by atoms with Crippen LogP contribution in [0.25, 0.3) is 11.0 Å². The third-order valence-corrected chi connectivity index (χ3v) is 7.72. The molecule has 1 aliphatic rings. The summed E-state index contributed by atoms with van der Waals surface area (Å²) in [6.07, 6.45) is 12.6. The second kappa shape index (κ2) is 13.2. The number of anilines is 3. The van der Waals surface area contributed by atoms with Gasteiger partial charge in [0.25, 0.3) is 5.91 Å². The van der Waals surface area contributed by atoms with Crippen LogP contribution in [-0.2, 0) is 6.42 Å². The Morgan fingerprint density at radius 1 is 1.10 bits per heavy atom. The molecule has 4 heterocycles. The lowest BCUT2D eigenvalue weighted by Crippen LogP contribution is -2.35. The summed E-state index contributed by atoms with van der Waals surface area (Å²) in [5.74, 6) is -0.765. The van der Waals surface area contributed by atoms with E-state index in [1.807, 2.05) is 17.0 Å². The molecule has 2 N–H and O–H groups in total. The Hall–Kier alpha value is -4.19. The first kappa shape index (κ1) is 29.3. The Balaban J connectivity index is 1.28. The zero-order chi connectivity index (χ0) is 29.6. The smallest absolute Gasteiger partial charge is 0.253 e. The van der Waals surface area contributed by atoms with Gasteiger partial charge in [0.05, 0.1) is 17.7 Å². The summed E-state index contributed by atoms with van der Waals surface area (Å²) in [5.41, 5.74) is 1.76. The van der Waals surface area contributed by atoms with Gasteiger partial charge in [0.1, 0.15) is 23.6 Å². The van der Waals surface area contributed by atoms with E-state index < -0.39 is 17.5 Å². The van der Waals surface area contributed by atoms with E-state index in [9.17, 15) is 9.18 Å². The third-order valence-electron chi connectivity index (χ3n) is 7.72. The van der Waals surface area contributed by atoms with Crippen molar-refractivity contribution in [1.29, 1.82) is 0 Å². The fraction of sp³-hybridized carbons (Fsp3) is 0.433. The number of benzene rings is 1. The molecule has 0 saturated carbocycles. The monoisotopic (exact) mass is 578 g/mol. The predicted molar refractivity (Wildman–Crippen MR) is 157 cm³/mol. The van der Waals surface area contributed by atoms with Crippen molar-refractivity contribution in [3.05, 3.63) is 65.9 Å². The van der Waals surface area contributed by atoms with Crippen LogP contribution in [0.3, 0.4) is 0 Å². The number of likely N-dealkylation sites (N-methyl/N-ethyl adjacent to an activating group) is 1. The first-order valence-electron chi connectivity index (χ1n) is 14.4. The number of amides is 1. The minimum atomic E-state index is -0.687. The average Bonchev–Trinajstić information content (AvgIpc) is 3.35. The summed E-state index contributed by atoms with van der Waals surface area (Å²) in [7, 11) is 1.53. The molecule has 0 spiro atoms. The molecule has 12 heteroatoms. The van der Waals surface area contributed by atoms with Crippen LogP contribution in [0.5, 0.6) is 0 Å². The summed E-state index contributed by atoms with van der Waals surface area (Å²) in [5, 5.41) is 12.1. The molecule has 4 aromatic rings. The minimum absolute atomic E-state index is 0.0160. The maximum atomic E-state index is 15.3. The van der Waals surface area contributed by atoms with Gasteiger partial charge < -0.3 is 24.8 Å². The lowest BCUT2D eigenvalue weighted by Gasteiger charge is -2.32. The summed E-state index contributed by atoms with van der Waals surface area (Å²) in [6.45, 7) is 3.57. The highest BCUT2D eigenvalue weighted by Gasteiger charge is 2.26. The van der Waals surface area contributed by atoms with Gasteiger partial charge in [0.15, 0.2) is 5.82 Å². The number of carbonyl (C=O) groups is 1. The highest BCUT2D eigenvalue weighted by molar-refractivity contribution is 5.95. The normalized spacial score (nSPS) is 14.0. The zero-order valence-electron chi connectivity index (χ0n) is 23.9. The number of aliphatic hydroxyl groups excluding tert-OH is 1. The van der Waals surface area contributed by atoms with Gasteiger partial charge in [0, 0.05) is 56.9 Å². The summed E-state index contributed by atoms with van der Waals surface area (Å²) >= 11 is 0. The van der Waals surface area contributed by atoms with Crippen LogP contribution in [0.2, 0.25) is 0 Å². The molecule has 42 heavy (non-hydrogen) atoms. The summed E-state index contributed by atoms with van der Waals surface area (Å²) < 4.78 is 32.1. The van der Waals surface area contributed by atoms with Crippen molar-refractivity contribution >= 4 is 34.4 Å². The van der Waals surface area contributed by atoms with Crippen LogP contribution in [0.15, 0.2) is 43.1 Å². The van der Waals surface area contributed by atoms with Crippen molar-refractivity contribution < 1.29 is 18.7 Å². The number of hydrogen-bond acceptors (Lipinski definition) is 8. The number of nitrogens with zero attached hydrogens (tertiary/aromatic N) is 7. The van der Waals surface area contributed by atoms with E-state index in [1.54, 1.807) is 0 Å². The van der Waals surface area contributed by atoms with Crippen molar-refractivity contribution in [2.45, 2.75) is 51.5 Å². The maximum absolute atomic E-state index is 15.3. The summed E-state index contributed by atoms with van der Waals surface area (Å²) in [4.78, 5) is 33.6. The SMILES string of the molecule is CCCCCc1cnc(N2CCC(n3cc(F)c4c(Nc5ccc(C(=O)N(C)CCO)cc5F)ncnc43)CC2)nc1. The second-order valence-corrected chi connectivity index (χ2v) is 10.6. The van der Waals surface area contributed by atoms with Gasteiger partial charge in [-0.2, -0.15) is 0 Å². The topological polar surface area (TPSA) is 112 Å². The number of fused-ring (bicyclic) bond motifs is 1. The molecular formula is C30H36F2N8O2. The van der Waals surface area contributed by atoms with Crippen LogP contribution >= 0.6 is 0 Å². The van der Waals surface area contributed by atoms with E-state index in [-0.39, 0.29) is 41.6 Å². The van der Waals surface area contributed by atoms with Crippen LogP contribution in [-0.4, -0.2) is 73.7 Å². The van der Waals surface area contributed by atoms with Crippen molar-refractivity contribution in [2.24, 2.45) is 0 Å². The Morgan fingerprint density at radius 3 is 2.55 bits per heavy atom. The fourth-order valence-electron chi connectivity index (χ4n) is 5.33. The number of aromatic nitrogens is 5. The van der Waals surface area contributed by atoms with Crippen LogP contribution in [0.4, 0.5) is 26.2 Å². The number of piperidine rings is 1. The number of hydrogen-bond donors (Lipinski definition) is 2. The Labute approximate surface area is 243 Å². The van der Waals surface area contributed by atoms with E-state index in [1.165, 1.54) is 49.4 Å². The molecule has 10 nitrogen and oxygen atoms in total. The number of nitrogens with one attached hydrogen (secondary N) is 1. The molecule has 5 rings (SSSR count). The highest BCUT2D eigenvalue weighted by Crippen LogP contribution is 2.33. The lowest BCUT2D eigenvalue weighted by molar-refractivity contribution is 0.0766. The first-order chi connectivity index (χ1) is 20.4. The van der Waals surface area contributed by atoms with E-state index in [2.05, 4.69) is 37.1 Å². The molecule has 0 atom stereocenters. The van der Waals surface area contributed by atoms with Gasteiger partial charge >= 0.3 is 0 Å². The predicted octanol–water partition coefficient (Wildman–Crippen LogP) is 4.88. The maximum Gasteiger partial charge on any atom is 0.253 e. The molecule has 1 fully saturated rings. The van der Waals surface area contributed by atoms with Crippen LogP contribution < -0.4 is 10.2 Å². The number of unbranched alkanes of at least 4 members (excludes halogenated alkanes) is 2. The molecular weight excluding hydrogens is 542 g/mol. The van der Waals surface area contributed by atoms with Crippen molar-refractivity contribution in [3.8, 4) is 0 Å². The largest absolute Gasteiger partial charge is 0.395 e. The van der Waals surface area contributed by atoms with Gasteiger partial charge in [-0.05, 0) is 49.4 Å². The Bertz CT molecular complexity index is 1520. The van der Waals surface area contributed by atoms with E-state index >= 15 is 4.39 Å². The first-order valence-corrected chi connectivity index (χ1v) is 14.4. The number of aryl methyl sites for hydroxylation is 1. The average molecular weight is 579 g/mol. The molecule has 1 aromatic carbocycles. The van der Waals surface area contributed by atoms with E-state index in [0.717, 1.165) is 50.4 Å². The lowest BCUT2D eigenvalue weighted by atomic mass is 10.1. The molecule has 222 valence electrons. The van der Waals surface area contributed by atoms with Gasteiger partial charge in [-0.1, -0.05) is 19.8 Å². The minimum Gasteiger partial charge on any atom is -0.395 e. The van der Waals surface area contributed by atoms with E-state index in [0.29, 0.717) is 11.6 Å². The molecule has 0 bridgehead atoms. The van der Waals surface area contributed by atoms with E-state index in [4.69, 9.17) is 5.11 Å². The quantitative estimate of drug-likeness (QED) is 0.242. The van der Waals surface area contributed by atoms with Crippen LogP contribution in [0.1, 0.15) is 61.0 Å². The number of aliphatic hydroxyl groups is 1. The Kier molecular flexibility index (Phi) is 9.21. The number of halogens is 2. The molecule has 0 radical (unpaired) electrons. The van der Waals surface area contributed by atoms with Crippen molar-refractivity contribution in [3.63, 3.8) is 0 Å². The van der Waals surface area contributed by atoms with Gasteiger partial charge in [-0.25, -0.2) is 28.7 Å². The third kappa shape index (κ3) is 6.33. The molecule has 0 unspecified atom stereocenters. The van der Waals surface area contributed by atoms with Gasteiger partial charge in [0.2, 0.25) is 5.95 Å². The second-order valence-electron chi connectivity index (χ2n) is 10.6. The molecule has 3 aromatic heterocycles. The number of carbonyl (C=O) groups excluding carboxylic acids is 1. The molecule has 1 aliphatic heterocycles. The number of rotatable bonds is 11. The zero-order valence-corrected chi connectivity index (χ0v) is 23.9. The van der Waals surface area contributed by atoms with Crippen LogP contribution in [0, 0.1) is 11.6 Å². The van der Waals surface area contributed by atoms with Crippen molar-refractivity contribution in [1.82, 2.24) is 29.4 Å². The van der Waals surface area contributed by atoms with Gasteiger partial charge in [-0.15, -0.1) is 0 Å². The highest BCUT2D eigenvalue weighted by atomic mass is 19.1. The standard InChI is InChI=1S/C30H36F2N8O2/c1-3-4-5-6-20-16-33-30(34-17-20)39-11-9-22(10-12-39)40-18-24(32)26-27(35-19-36-28(26)40)37-25-8-7-21(15-23(25)31)29(42)38(2)13-14-41/h7-8,15-19,22,41H,3-6,9-14H2,1-2H3,(H,35,36,37). The van der Waals surface area contributed by atoms with Crippen molar-refractivity contribution in [2.75, 3.05) is 43.5 Å². The fourth-order valence-corrected chi connectivity index (χ4v) is 5.33. The molecule has 1 amide bonds. The van der Waals surface area contributed by atoms with Gasteiger partial charge in [-0.3, -0.25) is 4.79 Å². The molecule has 0 aliphatic carbocycles. The summed E-state index contributed by atoms with van der Waals surface area (Å²) in [6, 6.07) is 4.00.